The van der Waals surface area contributed by atoms with Gasteiger partial charge in [0.15, 0.2) is 0 Å². The number of carbonyl (C=O) groups is 1. The number of halogens is 2. The zero-order valence-corrected chi connectivity index (χ0v) is 21.6. The molecule has 192 valence electrons. The summed E-state index contributed by atoms with van der Waals surface area (Å²) in [6.07, 6.45) is 8.11. The molecule has 5 nitrogen and oxygen atoms in total. The molecule has 0 amide bonds. The first-order valence-electron chi connectivity index (χ1n) is 12.7. The van der Waals surface area contributed by atoms with Crippen molar-refractivity contribution in [1.82, 2.24) is 9.88 Å². The molecule has 4 rings (SSSR count). The molecule has 0 spiro atoms. The van der Waals surface area contributed by atoms with Gasteiger partial charge in [0.2, 0.25) is 0 Å². The van der Waals surface area contributed by atoms with Gasteiger partial charge >= 0.3 is 5.97 Å². The summed E-state index contributed by atoms with van der Waals surface area (Å²) < 4.78 is 18.4. The number of hydrogen-bond donors (Lipinski definition) is 1. The van der Waals surface area contributed by atoms with Crippen molar-refractivity contribution in [2.24, 2.45) is 5.41 Å². The average Bonchev–Trinajstić information content (AvgIpc) is 2.89. The number of benzene rings is 2. The predicted molar refractivity (Wildman–Crippen MR) is 141 cm³/mol. The fourth-order valence-corrected chi connectivity index (χ4v) is 5.52. The van der Waals surface area contributed by atoms with E-state index in [-0.39, 0.29) is 5.82 Å². The van der Waals surface area contributed by atoms with E-state index in [9.17, 15) is 14.3 Å². The maximum Gasteiger partial charge on any atom is 0.309 e. The van der Waals surface area contributed by atoms with Gasteiger partial charge in [0.05, 0.1) is 23.1 Å². The number of carboxylic acids is 1. The first-order chi connectivity index (χ1) is 17.4. The number of aryl methyl sites for hydroxylation is 2. The fourth-order valence-electron chi connectivity index (χ4n) is 5.28. The van der Waals surface area contributed by atoms with Gasteiger partial charge in [-0.3, -0.25) is 9.78 Å². The highest BCUT2D eigenvalue weighted by Crippen LogP contribution is 2.38. The van der Waals surface area contributed by atoms with E-state index in [2.05, 4.69) is 9.88 Å². The van der Waals surface area contributed by atoms with Gasteiger partial charge in [0.1, 0.15) is 11.6 Å². The number of pyridine rings is 1. The molecule has 0 atom stereocenters. The minimum absolute atomic E-state index is 0.202. The van der Waals surface area contributed by atoms with E-state index in [1.54, 1.807) is 13.3 Å². The lowest BCUT2D eigenvalue weighted by atomic mass is 9.74. The largest absolute Gasteiger partial charge is 0.497 e. The molecule has 0 saturated carbocycles. The van der Waals surface area contributed by atoms with E-state index in [4.69, 9.17) is 16.3 Å². The molecule has 2 heterocycles. The molecule has 1 N–H and O–H groups in total. The maximum atomic E-state index is 13.0. The van der Waals surface area contributed by atoms with Gasteiger partial charge in [-0.15, -0.1) is 0 Å². The SMILES string of the molecule is COc1ccc2ncc(Cl)c(CCCC3(C(=O)O)CCN(CCCCc4ccc(F)cc4)CC3)c2c1. The zero-order chi connectivity index (χ0) is 25.5. The third-order valence-electron chi connectivity index (χ3n) is 7.59. The van der Waals surface area contributed by atoms with Crippen molar-refractivity contribution in [3.8, 4) is 5.75 Å². The lowest BCUT2D eigenvalue weighted by molar-refractivity contribution is -0.152. The van der Waals surface area contributed by atoms with E-state index in [1.807, 2.05) is 30.3 Å². The first kappa shape index (κ1) is 26.4. The Morgan fingerprint density at radius 3 is 2.56 bits per heavy atom. The van der Waals surface area contributed by atoms with Crippen LogP contribution in [0.1, 0.15) is 49.7 Å². The van der Waals surface area contributed by atoms with Crippen LogP contribution in [0.15, 0.2) is 48.7 Å². The Hall–Kier alpha value is -2.70. The van der Waals surface area contributed by atoms with Crippen LogP contribution in [0.3, 0.4) is 0 Å². The number of fused-ring (bicyclic) bond motifs is 1. The van der Waals surface area contributed by atoms with Crippen LogP contribution in [0.25, 0.3) is 10.9 Å². The Kier molecular flexibility index (Phi) is 8.81. The fraction of sp³-hybridized carbons (Fsp3) is 0.448. The molecule has 1 aliphatic heterocycles. The molecule has 36 heavy (non-hydrogen) atoms. The Labute approximate surface area is 217 Å². The molecule has 2 aromatic carbocycles. The number of ether oxygens (including phenoxy) is 1. The molecule has 0 bridgehead atoms. The number of methoxy groups -OCH3 is 1. The van der Waals surface area contributed by atoms with Crippen LogP contribution in [-0.4, -0.2) is 47.7 Å². The van der Waals surface area contributed by atoms with Gasteiger partial charge in [-0.1, -0.05) is 23.7 Å². The summed E-state index contributed by atoms with van der Waals surface area (Å²) in [5.41, 5.74) is 2.33. The quantitative estimate of drug-likeness (QED) is 0.295. The number of rotatable bonds is 11. The standard InChI is InChI=1S/C29H34ClFN2O3/c1-36-23-11-12-27-25(19-23)24(26(30)20-32-27)6-4-13-29(28(34)35)14-17-33(18-15-29)16-3-2-5-21-7-9-22(31)10-8-21/h7-12,19-20H,2-6,13-18H2,1H3,(H,34,35). The summed E-state index contributed by atoms with van der Waals surface area (Å²) in [7, 11) is 1.63. The van der Waals surface area contributed by atoms with Crippen molar-refractivity contribution in [3.63, 3.8) is 0 Å². The number of unbranched alkanes of at least 4 members (excludes halogenated alkanes) is 1. The molecule has 1 aliphatic rings. The van der Waals surface area contributed by atoms with E-state index in [0.29, 0.717) is 30.7 Å². The predicted octanol–water partition coefficient (Wildman–Crippen LogP) is 6.55. The second-order valence-corrected chi connectivity index (χ2v) is 10.2. The third-order valence-corrected chi connectivity index (χ3v) is 7.91. The molecular weight excluding hydrogens is 479 g/mol. The van der Waals surface area contributed by atoms with Crippen molar-refractivity contribution in [3.05, 3.63) is 70.6 Å². The van der Waals surface area contributed by atoms with Gasteiger partial charge in [0, 0.05) is 11.6 Å². The number of piperidine rings is 1. The summed E-state index contributed by atoms with van der Waals surface area (Å²) in [5, 5.41) is 11.7. The second-order valence-electron chi connectivity index (χ2n) is 9.83. The summed E-state index contributed by atoms with van der Waals surface area (Å²) in [5.74, 6) is -0.142. The van der Waals surface area contributed by atoms with Crippen LogP contribution in [0.2, 0.25) is 5.02 Å². The molecule has 3 aromatic rings. The lowest BCUT2D eigenvalue weighted by Crippen LogP contribution is -2.44. The van der Waals surface area contributed by atoms with Gasteiger partial charge in [0.25, 0.3) is 0 Å². The van der Waals surface area contributed by atoms with Crippen LogP contribution in [-0.2, 0) is 17.6 Å². The number of hydrogen-bond acceptors (Lipinski definition) is 4. The number of aliphatic carboxylic acids is 1. The second kappa shape index (κ2) is 12.0. The van der Waals surface area contributed by atoms with E-state index >= 15 is 0 Å². The molecular formula is C29H34ClFN2O3. The highest BCUT2D eigenvalue weighted by molar-refractivity contribution is 6.32. The summed E-state index contributed by atoms with van der Waals surface area (Å²) in [6, 6.07) is 12.4. The smallest absolute Gasteiger partial charge is 0.309 e. The number of aromatic nitrogens is 1. The van der Waals surface area contributed by atoms with Gasteiger partial charge in [-0.25, -0.2) is 4.39 Å². The van der Waals surface area contributed by atoms with Crippen molar-refractivity contribution in [2.45, 2.75) is 51.4 Å². The third kappa shape index (κ3) is 6.34. The Morgan fingerprint density at radius 1 is 1.11 bits per heavy atom. The molecule has 1 fully saturated rings. The Morgan fingerprint density at radius 2 is 1.86 bits per heavy atom. The van der Waals surface area contributed by atoms with Crippen LogP contribution in [0.5, 0.6) is 5.75 Å². The van der Waals surface area contributed by atoms with Crippen molar-refractivity contribution in [1.29, 1.82) is 0 Å². The van der Waals surface area contributed by atoms with Crippen LogP contribution >= 0.6 is 11.6 Å². The molecule has 7 heteroatoms. The van der Waals surface area contributed by atoms with E-state index < -0.39 is 11.4 Å². The van der Waals surface area contributed by atoms with Crippen molar-refractivity contribution < 1.29 is 19.0 Å². The normalized spacial score (nSPS) is 15.8. The van der Waals surface area contributed by atoms with Gasteiger partial charge < -0.3 is 14.7 Å². The number of carboxylic acid groups (broad SMARTS) is 1. The zero-order valence-electron chi connectivity index (χ0n) is 20.8. The highest BCUT2D eigenvalue weighted by Gasteiger charge is 2.40. The Bertz CT molecular complexity index is 1180. The van der Waals surface area contributed by atoms with E-state index in [0.717, 1.165) is 73.1 Å². The molecule has 0 radical (unpaired) electrons. The van der Waals surface area contributed by atoms with Crippen LogP contribution in [0, 0.1) is 11.2 Å². The summed E-state index contributed by atoms with van der Waals surface area (Å²) in [6.45, 7) is 2.58. The average molecular weight is 513 g/mol. The van der Waals surface area contributed by atoms with Crippen molar-refractivity contribution >= 4 is 28.5 Å². The molecule has 1 saturated heterocycles. The Balaban J connectivity index is 1.29. The number of nitrogens with zero attached hydrogens (tertiary/aromatic N) is 2. The number of likely N-dealkylation sites (tertiary alicyclic amines) is 1. The van der Waals surface area contributed by atoms with Gasteiger partial charge in [-0.2, -0.15) is 0 Å². The molecule has 0 unspecified atom stereocenters. The summed E-state index contributed by atoms with van der Waals surface area (Å²) >= 11 is 6.50. The van der Waals surface area contributed by atoms with Crippen LogP contribution in [0.4, 0.5) is 4.39 Å². The monoisotopic (exact) mass is 512 g/mol. The van der Waals surface area contributed by atoms with Crippen LogP contribution < -0.4 is 4.74 Å². The molecule has 0 aliphatic carbocycles. The minimum Gasteiger partial charge on any atom is -0.497 e. The lowest BCUT2D eigenvalue weighted by Gasteiger charge is -2.39. The van der Waals surface area contributed by atoms with E-state index in [1.165, 1.54) is 12.1 Å². The molecule has 1 aromatic heterocycles. The summed E-state index contributed by atoms with van der Waals surface area (Å²) in [4.78, 5) is 19.1. The minimum atomic E-state index is -0.689. The van der Waals surface area contributed by atoms with Gasteiger partial charge in [-0.05, 0) is 112 Å². The maximum absolute atomic E-state index is 13.0. The van der Waals surface area contributed by atoms with Crippen molar-refractivity contribution in [2.75, 3.05) is 26.7 Å². The highest BCUT2D eigenvalue weighted by atomic mass is 35.5. The first-order valence-corrected chi connectivity index (χ1v) is 13.1. The topological polar surface area (TPSA) is 62.7 Å².